The highest BCUT2D eigenvalue weighted by atomic mass is 16.5. The van der Waals surface area contributed by atoms with E-state index in [1.807, 2.05) is 0 Å². The van der Waals surface area contributed by atoms with E-state index in [1.165, 1.54) is 22.3 Å². The lowest BCUT2D eigenvalue weighted by atomic mass is 9.54. The third kappa shape index (κ3) is 2.79. The van der Waals surface area contributed by atoms with Crippen LogP contribution in [-0.4, -0.2) is 5.78 Å². The van der Waals surface area contributed by atoms with Crippen molar-refractivity contribution in [3.63, 3.8) is 0 Å². The zero-order valence-electron chi connectivity index (χ0n) is 25.3. The number of benzene rings is 5. The number of hydrogen-bond acceptors (Lipinski definition) is 3. The van der Waals surface area contributed by atoms with Gasteiger partial charge in [0.15, 0.2) is 5.78 Å². The Kier molecular flexibility index (Phi) is 4.91. The average molecular weight is 597 g/mol. The highest BCUT2D eigenvalue weighted by molar-refractivity contribution is 6.30. The van der Waals surface area contributed by atoms with E-state index in [4.69, 9.17) is 9.47 Å². The van der Waals surface area contributed by atoms with Crippen molar-refractivity contribution >= 4 is 16.9 Å². The molecule has 11 rings (SSSR count). The van der Waals surface area contributed by atoms with Gasteiger partial charge in [0.05, 0.1) is 35.2 Å². The monoisotopic (exact) mass is 596 g/mol. The molecule has 6 aliphatic rings. The molecule has 0 radical (unpaired) electrons. The third-order valence-corrected chi connectivity index (χ3v) is 12.3. The van der Waals surface area contributed by atoms with Crippen LogP contribution in [0.15, 0.2) is 133 Å². The number of Topliss-reactive ketones (excluding diaryl/α,β-unsaturated/α-hetero) is 1. The highest BCUT2D eigenvalue weighted by Gasteiger charge is 2.82. The number of hydrogen-bond donors (Lipinski definition) is 0. The smallest absolute Gasteiger partial charge is 0.163 e. The normalized spacial score (nSPS) is 33.9. The Morgan fingerprint density at radius 2 is 0.870 bits per heavy atom. The fraction of sp³-hybridized carbons (Fsp3) is 0.233. The molecule has 8 atom stereocenters. The van der Waals surface area contributed by atoms with Crippen LogP contribution in [0.25, 0.3) is 11.1 Å². The van der Waals surface area contributed by atoms with Crippen molar-refractivity contribution in [2.24, 2.45) is 11.8 Å². The lowest BCUT2D eigenvalue weighted by Crippen LogP contribution is -2.42. The molecular formula is C43H32O3. The Labute approximate surface area is 268 Å². The number of carbonyl (C=O) groups excluding carboxylic acids is 1. The Morgan fingerprint density at radius 3 is 1.28 bits per heavy atom. The predicted molar refractivity (Wildman–Crippen MR) is 177 cm³/mol. The molecule has 3 fully saturated rings. The van der Waals surface area contributed by atoms with Gasteiger partial charge >= 0.3 is 0 Å². The summed E-state index contributed by atoms with van der Waals surface area (Å²) in [5.74, 6) is 0.188. The summed E-state index contributed by atoms with van der Waals surface area (Å²) in [4.78, 5) is 16.3. The summed E-state index contributed by atoms with van der Waals surface area (Å²) in [5, 5.41) is 0. The lowest BCUT2D eigenvalue weighted by Gasteiger charge is -2.45. The van der Waals surface area contributed by atoms with Gasteiger partial charge in [-0.1, -0.05) is 121 Å². The number of fused-ring (bicyclic) bond motifs is 17. The van der Waals surface area contributed by atoms with Crippen molar-refractivity contribution in [1.82, 2.24) is 0 Å². The summed E-state index contributed by atoms with van der Waals surface area (Å²) in [6.07, 6.45) is 2.18. The SMILES string of the molecule is O=C1C2(c3ccccc3)C(c3ccccc3)=C(c3ccccc3)C1(c1ccccc1)C1C3OC(c4cc5c(cc43)C3CCC5O3)C12. The number of ether oxygens (including phenoxy) is 2. The zero-order valence-corrected chi connectivity index (χ0v) is 25.3. The molecule has 3 heteroatoms. The Morgan fingerprint density at radius 1 is 0.478 bits per heavy atom. The quantitative estimate of drug-likeness (QED) is 0.208. The first-order chi connectivity index (χ1) is 22.7. The highest BCUT2D eigenvalue weighted by Crippen LogP contribution is 2.81. The molecule has 4 aliphatic heterocycles. The summed E-state index contributed by atoms with van der Waals surface area (Å²) < 4.78 is 13.7. The molecule has 4 heterocycles. The first-order valence-electron chi connectivity index (χ1n) is 16.7. The lowest BCUT2D eigenvalue weighted by molar-refractivity contribution is -0.125. The van der Waals surface area contributed by atoms with Crippen LogP contribution < -0.4 is 0 Å². The molecule has 5 aromatic carbocycles. The standard InChI is InChI=1S/C43H32O3/c44-41-42(27-17-9-3-10-18-27)35(25-13-5-1-6-14-25)36(26-15-7-2-8-16-26)43(41,28-19-11-4-12-20-28)38-37(42)39-31-23-29-30(24-32(31)40(38)46-39)34-22-21-33(29)45-34/h1-20,23-24,33-34,37-40H,21-22H2. The van der Waals surface area contributed by atoms with Crippen LogP contribution in [0.4, 0.5) is 0 Å². The second-order valence-corrected chi connectivity index (χ2v) is 14.0. The summed E-state index contributed by atoms with van der Waals surface area (Å²) in [6, 6.07) is 47.5. The molecule has 0 aromatic heterocycles. The van der Waals surface area contributed by atoms with Gasteiger partial charge in [0.2, 0.25) is 0 Å². The van der Waals surface area contributed by atoms with Gasteiger partial charge in [0.25, 0.3) is 0 Å². The van der Waals surface area contributed by atoms with E-state index >= 15 is 4.79 Å². The summed E-state index contributed by atoms with van der Waals surface area (Å²) >= 11 is 0. The maximum Gasteiger partial charge on any atom is 0.163 e. The molecule has 3 nitrogen and oxygen atoms in total. The van der Waals surface area contributed by atoms with Crippen LogP contribution in [0.5, 0.6) is 0 Å². The predicted octanol–water partition coefficient (Wildman–Crippen LogP) is 9.03. The molecule has 2 aliphatic carbocycles. The van der Waals surface area contributed by atoms with E-state index in [1.54, 1.807) is 0 Å². The van der Waals surface area contributed by atoms with E-state index in [-0.39, 0.29) is 36.3 Å². The van der Waals surface area contributed by atoms with Crippen LogP contribution in [0, 0.1) is 11.8 Å². The minimum atomic E-state index is -0.889. The molecule has 0 N–H and O–H groups in total. The van der Waals surface area contributed by atoms with Crippen molar-refractivity contribution in [3.8, 4) is 0 Å². The molecule has 0 amide bonds. The average Bonchev–Trinajstić information content (AvgIpc) is 3.97. The number of ketones is 1. The minimum absolute atomic E-state index is 0.0552. The molecular weight excluding hydrogens is 564 g/mol. The second kappa shape index (κ2) is 8.82. The Bertz CT molecular complexity index is 1960. The zero-order chi connectivity index (χ0) is 30.2. The van der Waals surface area contributed by atoms with Gasteiger partial charge in [0.1, 0.15) is 0 Å². The van der Waals surface area contributed by atoms with Crippen molar-refractivity contribution in [1.29, 1.82) is 0 Å². The number of carbonyl (C=O) groups is 1. The van der Waals surface area contributed by atoms with Gasteiger partial charge in [-0.25, -0.2) is 0 Å². The summed E-state index contributed by atoms with van der Waals surface area (Å²) in [6.45, 7) is 0. The first-order valence-corrected chi connectivity index (χ1v) is 16.7. The van der Waals surface area contributed by atoms with Gasteiger partial charge in [-0.15, -0.1) is 0 Å². The molecule has 46 heavy (non-hydrogen) atoms. The van der Waals surface area contributed by atoms with Gasteiger partial charge < -0.3 is 9.47 Å². The van der Waals surface area contributed by atoms with Crippen LogP contribution in [0.1, 0.15) is 81.8 Å². The molecule has 1 saturated carbocycles. The van der Waals surface area contributed by atoms with Crippen molar-refractivity contribution in [2.45, 2.75) is 48.1 Å². The van der Waals surface area contributed by atoms with Gasteiger partial charge in [-0.05, 0) is 80.6 Å². The minimum Gasteiger partial charge on any atom is -0.366 e. The maximum absolute atomic E-state index is 16.3. The van der Waals surface area contributed by atoms with E-state index in [0.29, 0.717) is 5.78 Å². The first kappa shape index (κ1) is 25.6. The summed E-state index contributed by atoms with van der Waals surface area (Å²) in [7, 11) is 0. The third-order valence-electron chi connectivity index (χ3n) is 12.3. The van der Waals surface area contributed by atoms with Gasteiger partial charge in [-0.3, -0.25) is 4.79 Å². The number of allylic oxidation sites excluding steroid dienone is 2. The van der Waals surface area contributed by atoms with Crippen LogP contribution in [-0.2, 0) is 25.1 Å². The molecule has 0 spiro atoms. The fourth-order valence-corrected chi connectivity index (χ4v) is 10.9. The molecule has 8 unspecified atom stereocenters. The van der Waals surface area contributed by atoms with E-state index in [2.05, 4.69) is 133 Å². The second-order valence-electron chi connectivity index (χ2n) is 14.0. The van der Waals surface area contributed by atoms with Crippen LogP contribution in [0.3, 0.4) is 0 Å². The maximum atomic E-state index is 16.3. The van der Waals surface area contributed by atoms with Crippen molar-refractivity contribution < 1.29 is 14.3 Å². The summed E-state index contributed by atoms with van der Waals surface area (Å²) in [5.41, 5.74) is 10.1. The largest absolute Gasteiger partial charge is 0.366 e. The van der Waals surface area contributed by atoms with E-state index in [9.17, 15) is 0 Å². The Hall–Kier alpha value is -4.57. The van der Waals surface area contributed by atoms with E-state index in [0.717, 1.165) is 46.2 Å². The molecule has 6 bridgehead atoms. The molecule has 5 aromatic rings. The fourth-order valence-electron chi connectivity index (χ4n) is 10.9. The van der Waals surface area contributed by atoms with Crippen molar-refractivity contribution in [2.75, 3.05) is 0 Å². The van der Waals surface area contributed by atoms with Gasteiger partial charge in [-0.2, -0.15) is 0 Å². The number of rotatable bonds is 4. The van der Waals surface area contributed by atoms with E-state index < -0.39 is 10.8 Å². The Balaban J connectivity index is 1.29. The van der Waals surface area contributed by atoms with Crippen LogP contribution in [0.2, 0.25) is 0 Å². The van der Waals surface area contributed by atoms with Crippen LogP contribution >= 0.6 is 0 Å². The van der Waals surface area contributed by atoms with Crippen molar-refractivity contribution in [3.05, 3.63) is 178 Å². The molecule has 2 saturated heterocycles. The molecule has 222 valence electrons. The topological polar surface area (TPSA) is 35.5 Å². The van der Waals surface area contributed by atoms with Gasteiger partial charge in [0, 0.05) is 11.8 Å².